The standard InChI is InChI=1S/C12H16N2O2S/c1-8-7-14(5-6-17-8)11-9(12(15)16)3-2-4-10(11)13/h2-4,8H,5-7,13H2,1H3,(H,15,16). The second-order valence-electron chi connectivity index (χ2n) is 4.18. The van der Waals surface area contributed by atoms with Crippen LogP contribution in [0.1, 0.15) is 17.3 Å². The summed E-state index contributed by atoms with van der Waals surface area (Å²) in [4.78, 5) is 13.3. The molecule has 1 aromatic rings. The van der Waals surface area contributed by atoms with Gasteiger partial charge in [-0.15, -0.1) is 0 Å². The fourth-order valence-corrected chi connectivity index (χ4v) is 3.12. The van der Waals surface area contributed by atoms with Crippen LogP contribution in [-0.4, -0.2) is 35.2 Å². The molecule has 2 rings (SSSR count). The number of anilines is 2. The summed E-state index contributed by atoms with van der Waals surface area (Å²) >= 11 is 1.91. The van der Waals surface area contributed by atoms with E-state index in [1.54, 1.807) is 18.2 Å². The van der Waals surface area contributed by atoms with Crippen molar-refractivity contribution < 1.29 is 9.90 Å². The lowest BCUT2D eigenvalue weighted by molar-refractivity contribution is 0.0697. The molecule has 1 atom stereocenters. The summed E-state index contributed by atoms with van der Waals surface area (Å²) < 4.78 is 0. The van der Waals surface area contributed by atoms with Gasteiger partial charge in [-0.1, -0.05) is 13.0 Å². The molecule has 0 spiro atoms. The van der Waals surface area contributed by atoms with Crippen molar-refractivity contribution in [1.29, 1.82) is 0 Å². The molecule has 1 aliphatic rings. The first-order chi connectivity index (χ1) is 8.09. The van der Waals surface area contributed by atoms with Crippen LogP contribution in [-0.2, 0) is 0 Å². The molecular formula is C12H16N2O2S. The number of nitrogen functional groups attached to an aromatic ring is 1. The maximum absolute atomic E-state index is 11.2. The molecule has 1 heterocycles. The lowest BCUT2D eigenvalue weighted by Gasteiger charge is -2.34. The van der Waals surface area contributed by atoms with Crippen molar-refractivity contribution in [2.24, 2.45) is 0 Å². The molecule has 0 radical (unpaired) electrons. The minimum Gasteiger partial charge on any atom is -0.478 e. The Morgan fingerprint density at radius 2 is 2.35 bits per heavy atom. The highest BCUT2D eigenvalue weighted by Gasteiger charge is 2.23. The minimum atomic E-state index is -0.918. The summed E-state index contributed by atoms with van der Waals surface area (Å²) in [6.07, 6.45) is 0. The van der Waals surface area contributed by atoms with E-state index < -0.39 is 5.97 Å². The van der Waals surface area contributed by atoms with Crippen LogP contribution in [0.25, 0.3) is 0 Å². The highest BCUT2D eigenvalue weighted by atomic mass is 32.2. The monoisotopic (exact) mass is 252 g/mol. The molecule has 0 saturated carbocycles. The third-order valence-corrected chi connectivity index (χ3v) is 3.99. The molecule has 5 heteroatoms. The van der Waals surface area contributed by atoms with Crippen molar-refractivity contribution in [1.82, 2.24) is 0 Å². The van der Waals surface area contributed by atoms with Crippen molar-refractivity contribution in [3.63, 3.8) is 0 Å². The number of hydrogen-bond donors (Lipinski definition) is 2. The van der Waals surface area contributed by atoms with Crippen LogP contribution in [0.4, 0.5) is 11.4 Å². The van der Waals surface area contributed by atoms with Crippen LogP contribution >= 0.6 is 11.8 Å². The van der Waals surface area contributed by atoms with E-state index in [1.807, 2.05) is 11.8 Å². The smallest absolute Gasteiger partial charge is 0.337 e. The van der Waals surface area contributed by atoms with E-state index in [1.165, 1.54) is 0 Å². The molecule has 4 nitrogen and oxygen atoms in total. The normalized spacial score (nSPS) is 20.3. The molecule has 1 saturated heterocycles. The zero-order valence-corrected chi connectivity index (χ0v) is 10.5. The molecule has 0 bridgehead atoms. The third-order valence-electron chi connectivity index (χ3n) is 2.85. The fraction of sp³-hybridized carbons (Fsp3) is 0.417. The fourth-order valence-electron chi connectivity index (χ4n) is 2.11. The molecule has 3 N–H and O–H groups in total. The van der Waals surface area contributed by atoms with Crippen molar-refractivity contribution in [2.75, 3.05) is 29.5 Å². The second-order valence-corrected chi connectivity index (χ2v) is 5.72. The third kappa shape index (κ3) is 2.49. The largest absolute Gasteiger partial charge is 0.478 e. The molecule has 17 heavy (non-hydrogen) atoms. The summed E-state index contributed by atoms with van der Waals surface area (Å²) in [7, 11) is 0. The van der Waals surface area contributed by atoms with E-state index in [9.17, 15) is 9.90 Å². The lowest BCUT2D eigenvalue weighted by Crippen LogP contribution is -2.38. The summed E-state index contributed by atoms with van der Waals surface area (Å²) in [6.45, 7) is 3.85. The van der Waals surface area contributed by atoms with Gasteiger partial charge in [0, 0.05) is 24.1 Å². The van der Waals surface area contributed by atoms with Gasteiger partial charge in [0.05, 0.1) is 16.9 Å². The van der Waals surface area contributed by atoms with E-state index in [4.69, 9.17) is 5.73 Å². The maximum Gasteiger partial charge on any atom is 0.337 e. The number of carboxylic acid groups (broad SMARTS) is 1. The number of aromatic carboxylic acids is 1. The maximum atomic E-state index is 11.2. The Hall–Kier alpha value is -1.36. The Morgan fingerprint density at radius 3 is 3.00 bits per heavy atom. The van der Waals surface area contributed by atoms with Gasteiger partial charge >= 0.3 is 5.97 Å². The van der Waals surface area contributed by atoms with E-state index in [2.05, 4.69) is 11.8 Å². The Bertz CT molecular complexity index is 437. The van der Waals surface area contributed by atoms with Crippen molar-refractivity contribution in [3.05, 3.63) is 23.8 Å². The van der Waals surface area contributed by atoms with Gasteiger partial charge in [-0.25, -0.2) is 4.79 Å². The van der Waals surface area contributed by atoms with Gasteiger partial charge in [-0.2, -0.15) is 11.8 Å². The van der Waals surface area contributed by atoms with Crippen LogP contribution in [0.2, 0.25) is 0 Å². The van der Waals surface area contributed by atoms with Gasteiger partial charge in [0.2, 0.25) is 0 Å². The molecule has 1 fully saturated rings. The number of thioether (sulfide) groups is 1. The van der Waals surface area contributed by atoms with Gasteiger partial charge in [-0.05, 0) is 12.1 Å². The predicted molar refractivity (Wildman–Crippen MR) is 71.9 cm³/mol. The van der Waals surface area contributed by atoms with Crippen molar-refractivity contribution in [3.8, 4) is 0 Å². The minimum absolute atomic E-state index is 0.295. The van der Waals surface area contributed by atoms with E-state index in [0.29, 0.717) is 22.2 Å². The van der Waals surface area contributed by atoms with E-state index in [0.717, 1.165) is 18.8 Å². The summed E-state index contributed by atoms with van der Waals surface area (Å²) in [5.74, 6) is 0.0901. The molecule has 1 aromatic carbocycles. The summed E-state index contributed by atoms with van der Waals surface area (Å²) in [5, 5.41) is 9.70. The zero-order valence-electron chi connectivity index (χ0n) is 9.72. The lowest BCUT2D eigenvalue weighted by atomic mass is 10.1. The van der Waals surface area contributed by atoms with E-state index in [-0.39, 0.29) is 0 Å². The Kier molecular flexibility index (Phi) is 3.47. The van der Waals surface area contributed by atoms with Gasteiger partial charge < -0.3 is 15.7 Å². The zero-order chi connectivity index (χ0) is 12.4. The Labute approximate surface area is 105 Å². The molecule has 0 aliphatic carbocycles. The van der Waals surface area contributed by atoms with Crippen LogP contribution in [0.5, 0.6) is 0 Å². The van der Waals surface area contributed by atoms with Gasteiger partial charge in [0.25, 0.3) is 0 Å². The Balaban J connectivity index is 2.39. The first-order valence-electron chi connectivity index (χ1n) is 5.58. The van der Waals surface area contributed by atoms with Gasteiger partial charge in [-0.3, -0.25) is 0 Å². The first kappa shape index (κ1) is 12.1. The number of benzene rings is 1. The topological polar surface area (TPSA) is 66.6 Å². The molecule has 0 aromatic heterocycles. The van der Waals surface area contributed by atoms with Gasteiger partial charge in [0.15, 0.2) is 0 Å². The first-order valence-corrected chi connectivity index (χ1v) is 6.63. The summed E-state index contributed by atoms with van der Waals surface area (Å²) in [6, 6.07) is 5.05. The highest BCUT2D eigenvalue weighted by molar-refractivity contribution is 8.00. The van der Waals surface area contributed by atoms with Crippen LogP contribution in [0.15, 0.2) is 18.2 Å². The summed E-state index contributed by atoms with van der Waals surface area (Å²) in [5.41, 5.74) is 7.44. The van der Waals surface area contributed by atoms with E-state index >= 15 is 0 Å². The Morgan fingerprint density at radius 1 is 1.59 bits per heavy atom. The number of para-hydroxylation sites is 1. The molecule has 0 amide bonds. The van der Waals surface area contributed by atoms with Crippen LogP contribution < -0.4 is 10.6 Å². The average molecular weight is 252 g/mol. The van der Waals surface area contributed by atoms with Crippen LogP contribution in [0, 0.1) is 0 Å². The molecular weight excluding hydrogens is 236 g/mol. The molecule has 1 unspecified atom stereocenters. The SMILES string of the molecule is CC1CN(c2c(N)cccc2C(=O)O)CCS1. The second kappa shape index (κ2) is 4.87. The van der Waals surface area contributed by atoms with Crippen molar-refractivity contribution >= 4 is 29.1 Å². The van der Waals surface area contributed by atoms with Crippen molar-refractivity contribution in [2.45, 2.75) is 12.2 Å². The number of carboxylic acids is 1. The molecule has 92 valence electrons. The number of nitrogens with two attached hydrogens (primary N) is 1. The van der Waals surface area contributed by atoms with Crippen LogP contribution in [0.3, 0.4) is 0 Å². The van der Waals surface area contributed by atoms with Gasteiger partial charge in [0.1, 0.15) is 0 Å². The highest BCUT2D eigenvalue weighted by Crippen LogP contribution is 2.31. The number of rotatable bonds is 2. The predicted octanol–water partition coefficient (Wildman–Crippen LogP) is 1.91. The quantitative estimate of drug-likeness (QED) is 0.787. The number of hydrogen-bond acceptors (Lipinski definition) is 4. The number of carbonyl (C=O) groups is 1. The number of nitrogens with zero attached hydrogens (tertiary/aromatic N) is 1. The molecule has 1 aliphatic heterocycles. The average Bonchev–Trinajstić information content (AvgIpc) is 2.28.